The Kier molecular flexibility index (Phi) is 22.5. The molecule has 1 amide bonds. The number of rotatable bonds is 14. The molecule has 0 aromatic rings. The van der Waals surface area contributed by atoms with Crippen LogP contribution in [0.2, 0.25) is 0 Å². The van der Waals surface area contributed by atoms with Crippen molar-refractivity contribution in [3.05, 3.63) is 12.2 Å². The number of ether oxygens (including phenoxy) is 4. The van der Waals surface area contributed by atoms with E-state index in [0.717, 1.165) is 19.4 Å². The van der Waals surface area contributed by atoms with Gasteiger partial charge in [-0.15, -0.1) is 0 Å². The van der Waals surface area contributed by atoms with Crippen molar-refractivity contribution in [2.24, 2.45) is 17.2 Å². The number of nitrogens with zero attached hydrogens (tertiary/aromatic N) is 1. The molecule has 12 atom stereocenters. The Labute approximate surface area is 305 Å². The second kappa shape index (κ2) is 24.7. The molecule has 18 heteroatoms. The number of halogens is 1. The maximum Gasteiger partial charge on any atom is 0.0894 e. The number of amides is 1. The van der Waals surface area contributed by atoms with E-state index in [9.17, 15) is 19.4 Å². The van der Waals surface area contributed by atoms with Gasteiger partial charge in [0.25, 0.3) is 0 Å². The molecule has 0 aromatic heterocycles. The summed E-state index contributed by atoms with van der Waals surface area (Å²) in [5.41, 5.74) is 16.9. The number of aliphatic hydroxyl groups excluding tert-OH is 5. The monoisotopic (exact) mass is 897 g/mol. The second-order valence-electron chi connectivity index (χ2n) is 13.2. The third kappa shape index (κ3) is 18.2. The summed E-state index contributed by atoms with van der Waals surface area (Å²) in [6, 6.07) is -0.656. The summed E-state index contributed by atoms with van der Waals surface area (Å²) in [6.45, 7) is 2.57. The SMILES string of the molecule is C[N]([Hg])CC(F)C(O)C(=O)NC1CC(N)CC(OC2CCC(CO)O2)C1.NC[C@H]1CC(O)[C@@H](N)CO1.OCC(O)CNCC1C=CCCO1. The fourth-order valence-corrected chi connectivity index (χ4v) is 6.68. The maximum atomic E-state index is 13.9. The second-order valence-corrected chi connectivity index (χ2v) is 17.4. The van der Waals surface area contributed by atoms with Crippen molar-refractivity contribution < 1.29 is 80.1 Å². The number of nitrogens with one attached hydrogen (secondary N) is 2. The third-order valence-corrected chi connectivity index (χ3v) is 9.45. The van der Waals surface area contributed by atoms with Crippen molar-refractivity contribution >= 4 is 5.91 Å². The van der Waals surface area contributed by atoms with E-state index in [1.165, 1.54) is 0 Å². The normalized spacial score (nSPS) is 33.4. The van der Waals surface area contributed by atoms with Crippen LogP contribution in [0.4, 0.5) is 4.39 Å². The zero-order valence-corrected chi connectivity index (χ0v) is 34.2. The van der Waals surface area contributed by atoms with Gasteiger partial charge >= 0.3 is 146 Å². The maximum absolute atomic E-state index is 13.9. The minimum absolute atomic E-state index is 0.00481. The largest absolute Gasteiger partial charge is 0.394 e. The molecule has 1 saturated carbocycles. The van der Waals surface area contributed by atoms with E-state index in [0.29, 0.717) is 58.3 Å². The summed E-state index contributed by atoms with van der Waals surface area (Å²) in [5, 5.41) is 51.5. The molecule has 3 fully saturated rings. The number of carbonyl (C=O) groups excluding carboxylic acids is 1. The molecule has 0 aromatic carbocycles. The third-order valence-electron chi connectivity index (χ3n) is 8.45. The van der Waals surface area contributed by atoms with E-state index < -0.39 is 30.4 Å². The fraction of sp³-hybridized carbons (Fsp3) is 0.903. The number of nitrogens with two attached hydrogens (primary N) is 3. The Morgan fingerprint density at radius 2 is 1.90 bits per heavy atom. The van der Waals surface area contributed by atoms with E-state index in [1.54, 1.807) is 9.71 Å². The first-order valence-electron chi connectivity index (χ1n) is 17.2. The molecular weight excluding hydrogens is 836 g/mol. The Morgan fingerprint density at radius 3 is 2.49 bits per heavy atom. The Bertz CT molecular complexity index is 936. The summed E-state index contributed by atoms with van der Waals surface area (Å²) >= 11 is 0.246. The summed E-state index contributed by atoms with van der Waals surface area (Å²) in [7, 11) is 1.76. The molecule has 4 rings (SSSR count). The minimum atomic E-state index is -1.68. The van der Waals surface area contributed by atoms with Gasteiger partial charge in [0, 0.05) is 26.1 Å². The van der Waals surface area contributed by atoms with Crippen molar-refractivity contribution in [3.8, 4) is 0 Å². The molecule has 1 aliphatic carbocycles. The van der Waals surface area contributed by atoms with Crippen LogP contribution in [0.5, 0.6) is 0 Å². The quantitative estimate of drug-likeness (QED) is 0.0604. The predicted molar refractivity (Wildman–Crippen MR) is 174 cm³/mol. The molecule has 4 aliphatic rings. The van der Waals surface area contributed by atoms with E-state index in [4.69, 9.17) is 51.5 Å². The zero-order chi connectivity index (χ0) is 36.3. The van der Waals surface area contributed by atoms with Gasteiger partial charge in [0.1, 0.15) is 0 Å². The number of hydrogen-bond donors (Lipinski definition) is 10. The van der Waals surface area contributed by atoms with Crippen molar-refractivity contribution in [2.45, 2.75) is 118 Å². The van der Waals surface area contributed by atoms with Gasteiger partial charge in [-0.05, 0) is 12.8 Å². The molecule has 0 bridgehead atoms. The smallest absolute Gasteiger partial charge is 0.0894 e. The fourth-order valence-electron chi connectivity index (χ4n) is 5.72. The van der Waals surface area contributed by atoms with Crippen LogP contribution in [-0.2, 0) is 50.2 Å². The van der Waals surface area contributed by atoms with Gasteiger partial charge in [-0.1, -0.05) is 12.2 Å². The summed E-state index contributed by atoms with van der Waals surface area (Å²) in [6.07, 6.45) is 3.84. The first kappa shape index (κ1) is 44.7. The molecule has 2 saturated heterocycles. The van der Waals surface area contributed by atoms with E-state index in [2.05, 4.69) is 16.7 Å². The molecule has 0 spiro atoms. The van der Waals surface area contributed by atoms with Crippen LogP contribution in [0.1, 0.15) is 44.9 Å². The van der Waals surface area contributed by atoms with E-state index in [1.807, 2.05) is 6.08 Å². The Hall–Kier alpha value is -0.485. The van der Waals surface area contributed by atoms with Gasteiger partial charge in [-0.2, -0.15) is 0 Å². The van der Waals surface area contributed by atoms with Crippen LogP contribution in [-0.4, -0.2) is 167 Å². The first-order valence-corrected chi connectivity index (χ1v) is 19.7. The Morgan fingerprint density at radius 1 is 1.14 bits per heavy atom. The number of carbonyl (C=O) groups is 1. The average Bonchev–Trinajstić information content (AvgIpc) is 3.53. The van der Waals surface area contributed by atoms with E-state index in [-0.39, 0.29) is 95.0 Å². The summed E-state index contributed by atoms with van der Waals surface area (Å²) < 4.78 is 37.8. The van der Waals surface area contributed by atoms with Crippen LogP contribution in [0.25, 0.3) is 0 Å². The predicted octanol–water partition coefficient (Wildman–Crippen LogP) is -3.35. The molecule has 49 heavy (non-hydrogen) atoms. The van der Waals surface area contributed by atoms with Crippen molar-refractivity contribution in [1.29, 1.82) is 0 Å². The number of aliphatic hydroxyl groups is 5. The van der Waals surface area contributed by atoms with E-state index >= 15 is 0 Å². The molecule has 13 N–H and O–H groups in total. The molecule has 0 radical (unpaired) electrons. The average molecular weight is 896 g/mol. The number of hydrogen-bond acceptors (Lipinski definition) is 15. The van der Waals surface area contributed by atoms with Gasteiger partial charge in [0.2, 0.25) is 0 Å². The molecule has 3 aliphatic heterocycles. The standard InChI is InChI=1S/C16H29FN3O5.C9H17NO3.C6H14N2O2.Hg/c1-19-7-13(17)15(22)16(23)20-10-4-9(18)5-12(6-10)25-14-3-2-11(8-21)24-14;11-7-8(12)5-10-6-9-3-1-2-4-13-9;7-2-4-1-6(9)5(8)3-10-4;/h9-15,21-22H,2-8,18H2,1H3,(H,20,23);1,3,8-12H,2,4-7H2;4-6,9H,1-3,7-8H2;/q-1;;;+1/t;;4-,5+,6?;/m..1./s1. The van der Waals surface area contributed by atoms with Gasteiger partial charge in [-0.3, -0.25) is 0 Å². The molecule has 16 nitrogen and oxygen atoms in total. The molecule has 10 unspecified atom stereocenters. The summed E-state index contributed by atoms with van der Waals surface area (Å²) in [5.74, 6) is -0.706. The van der Waals surface area contributed by atoms with Gasteiger partial charge in [0.05, 0.1) is 63.0 Å². The number of alkyl halides is 1. The van der Waals surface area contributed by atoms with Gasteiger partial charge in [-0.25, -0.2) is 0 Å². The van der Waals surface area contributed by atoms with Crippen LogP contribution in [0.3, 0.4) is 0 Å². The van der Waals surface area contributed by atoms with Gasteiger partial charge in [0.15, 0.2) is 0 Å². The van der Waals surface area contributed by atoms with Crippen LogP contribution in [0, 0.1) is 0 Å². The topological polar surface area (TPSA) is 260 Å². The van der Waals surface area contributed by atoms with Gasteiger partial charge < -0.3 is 46.7 Å². The van der Waals surface area contributed by atoms with Crippen LogP contribution >= 0.6 is 0 Å². The first-order chi connectivity index (χ1) is 23.3. The van der Waals surface area contributed by atoms with Crippen molar-refractivity contribution in [3.63, 3.8) is 0 Å². The molecule has 3 heterocycles. The van der Waals surface area contributed by atoms with Crippen molar-refractivity contribution in [1.82, 2.24) is 13.3 Å². The summed E-state index contributed by atoms with van der Waals surface area (Å²) in [4.78, 5) is 12.1. The van der Waals surface area contributed by atoms with Crippen LogP contribution < -0.4 is 27.8 Å². The van der Waals surface area contributed by atoms with Crippen LogP contribution in [0.15, 0.2) is 12.2 Å². The minimum Gasteiger partial charge on any atom is -0.394 e. The Balaban J connectivity index is 0.000000299. The zero-order valence-electron chi connectivity index (χ0n) is 28.7. The molecule has 283 valence electrons. The van der Waals surface area contributed by atoms with Crippen molar-refractivity contribution in [2.75, 3.05) is 59.7 Å². The molecular formula is C31H60FHgN6O10.